The summed E-state index contributed by atoms with van der Waals surface area (Å²) in [5, 5.41) is 0. The zero-order valence-corrected chi connectivity index (χ0v) is 16.4. The lowest BCUT2D eigenvalue weighted by atomic mass is 10.0. The first kappa shape index (κ1) is 19.1. The zero-order valence-electron chi connectivity index (χ0n) is 16.4. The number of rotatable bonds is 6. The van der Waals surface area contributed by atoms with Crippen LogP contribution in [0.3, 0.4) is 0 Å². The normalized spacial score (nSPS) is 19.6. The first-order valence-corrected chi connectivity index (χ1v) is 9.53. The van der Waals surface area contributed by atoms with Gasteiger partial charge in [-0.1, -0.05) is 32.0 Å². The van der Waals surface area contributed by atoms with Gasteiger partial charge in [0, 0.05) is 12.0 Å². The molecule has 1 aromatic carbocycles. The molecular formula is C21H27N3O3. The van der Waals surface area contributed by atoms with E-state index in [-0.39, 0.29) is 18.0 Å². The third-order valence-electron chi connectivity index (χ3n) is 4.27. The van der Waals surface area contributed by atoms with E-state index >= 15 is 0 Å². The molecule has 0 aliphatic carbocycles. The first-order valence-electron chi connectivity index (χ1n) is 9.53. The second-order valence-electron chi connectivity index (χ2n) is 6.71. The second kappa shape index (κ2) is 8.84. The third kappa shape index (κ3) is 4.56. The van der Waals surface area contributed by atoms with Gasteiger partial charge >= 0.3 is 0 Å². The Balaban J connectivity index is 1.83. The van der Waals surface area contributed by atoms with Crippen LogP contribution in [0.15, 0.2) is 50.9 Å². The molecule has 6 nitrogen and oxygen atoms in total. The maximum Gasteiger partial charge on any atom is 0.226 e. The van der Waals surface area contributed by atoms with Gasteiger partial charge in [0.15, 0.2) is 0 Å². The van der Waals surface area contributed by atoms with Crippen molar-refractivity contribution in [2.45, 2.75) is 46.2 Å². The summed E-state index contributed by atoms with van der Waals surface area (Å²) in [6, 6.07) is 9.46. The number of oxazole rings is 1. The van der Waals surface area contributed by atoms with Crippen LogP contribution in [-0.2, 0) is 15.9 Å². The molecule has 0 fully saturated rings. The molecule has 3 rings (SSSR count). The van der Waals surface area contributed by atoms with E-state index in [1.807, 2.05) is 44.2 Å². The third-order valence-corrected chi connectivity index (χ3v) is 4.27. The van der Waals surface area contributed by atoms with E-state index in [0.717, 1.165) is 11.3 Å². The molecule has 0 N–H and O–H groups in total. The van der Waals surface area contributed by atoms with Gasteiger partial charge in [-0.05, 0) is 31.9 Å². The first-order chi connectivity index (χ1) is 13.1. The Bertz CT molecular complexity index is 796. The van der Waals surface area contributed by atoms with Crippen molar-refractivity contribution in [3.8, 4) is 11.5 Å². The van der Waals surface area contributed by atoms with Gasteiger partial charge in [-0.2, -0.15) is 0 Å². The summed E-state index contributed by atoms with van der Waals surface area (Å²) >= 11 is 0. The fourth-order valence-electron chi connectivity index (χ4n) is 2.99. The van der Waals surface area contributed by atoms with Gasteiger partial charge in [0.2, 0.25) is 17.7 Å². The number of ether oxygens (including phenoxy) is 2. The molecule has 1 aliphatic rings. The molecular weight excluding hydrogens is 342 g/mol. The molecule has 6 heteroatoms. The van der Waals surface area contributed by atoms with Gasteiger partial charge in [0.05, 0.1) is 19.4 Å². The Kier molecular flexibility index (Phi) is 6.27. The van der Waals surface area contributed by atoms with Crippen LogP contribution < -0.4 is 0 Å². The van der Waals surface area contributed by atoms with Crippen molar-refractivity contribution in [1.82, 2.24) is 4.98 Å². The van der Waals surface area contributed by atoms with Crippen LogP contribution in [0.4, 0.5) is 0 Å². The van der Waals surface area contributed by atoms with E-state index in [2.05, 4.69) is 18.8 Å². The summed E-state index contributed by atoms with van der Waals surface area (Å²) in [6.45, 7) is 9.23. The molecule has 0 saturated carbocycles. The summed E-state index contributed by atoms with van der Waals surface area (Å²) < 4.78 is 17.5. The highest BCUT2D eigenvalue weighted by Crippen LogP contribution is 2.23. The van der Waals surface area contributed by atoms with Crippen molar-refractivity contribution < 1.29 is 13.9 Å². The number of benzene rings is 1. The highest BCUT2D eigenvalue weighted by atomic mass is 16.5. The Labute approximate surface area is 160 Å². The van der Waals surface area contributed by atoms with E-state index in [1.54, 1.807) is 6.20 Å². The van der Waals surface area contributed by atoms with Gasteiger partial charge in [-0.3, -0.25) is 0 Å². The lowest BCUT2D eigenvalue weighted by molar-refractivity contribution is 0.274. The number of aliphatic imine (C=N–C) groups is 2. The lowest BCUT2D eigenvalue weighted by Gasteiger charge is -2.27. The Hall–Kier alpha value is -2.63. The van der Waals surface area contributed by atoms with Crippen LogP contribution in [0, 0.1) is 5.92 Å². The van der Waals surface area contributed by atoms with Crippen LogP contribution >= 0.6 is 0 Å². The van der Waals surface area contributed by atoms with Gasteiger partial charge in [-0.15, -0.1) is 0 Å². The standard InChI is InChI=1S/C21H27N3O3/c1-5-25-20-17(23-21(26-6-2)18(24-20)14(3)4)12-16-13-22-19(27-16)15-10-8-7-9-11-15/h7-11,13-14,17-18H,5-6,12H2,1-4H3/t17-,18+/m0/s1. The molecule has 0 radical (unpaired) electrons. The lowest BCUT2D eigenvalue weighted by Crippen LogP contribution is -2.39. The van der Waals surface area contributed by atoms with Crippen molar-refractivity contribution in [3.05, 3.63) is 42.3 Å². The summed E-state index contributed by atoms with van der Waals surface area (Å²) in [5.41, 5.74) is 0.949. The number of nitrogens with zero attached hydrogens (tertiary/aromatic N) is 3. The van der Waals surface area contributed by atoms with Gasteiger partial charge in [0.1, 0.15) is 17.8 Å². The van der Waals surface area contributed by atoms with Crippen LogP contribution in [-0.4, -0.2) is 42.1 Å². The molecule has 144 valence electrons. The van der Waals surface area contributed by atoms with Gasteiger partial charge in [-0.25, -0.2) is 15.0 Å². The minimum Gasteiger partial charge on any atom is -0.480 e. The van der Waals surface area contributed by atoms with E-state index in [0.29, 0.717) is 37.3 Å². The monoisotopic (exact) mass is 369 g/mol. The average molecular weight is 369 g/mol. The summed E-state index contributed by atoms with van der Waals surface area (Å²) in [6.07, 6.45) is 2.27. The van der Waals surface area contributed by atoms with E-state index in [9.17, 15) is 0 Å². The Morgan fingerprint density at radius 2 is 1.70 bits per heavy atom. The molecule has 0 unspecified atom stereocenters. The van der Waals surface area contributed by atoms with Gasteiger partial charge in [0.25, 0.3) is 0 Å². The number of hydrogen-bond acceptors (Lipinski definition) is 6. The molecule has 0 bridgehead atoms. The van der Waals surface area contributed by atoms with Crippen LogP contribution in [0.5, 0.6) is 0 Å². The average Bonchev–Trinajstić information content (AvgIpc) is 3.13. The quantitative estimate of drug-likeness (QED) is 0.767. The van der Waals surface area contributed by atoms with Gasteiger partial charge < -0.3 is 13.9 Å². The fraction of sp³-hybridized carbons (Fsp3) is 0.476. The maximum absolute atomic E-state index is 5.94. The second-order valence-corrected chi connectivity index (χ2v) is 6.71. The molecule has 2 aromatic rings. The van der Waals surface area contributed by atoms with Crippen molar-refractivity contribution in [3.63, 3.8) is 0 Å². The molecule has 0 amide bonds. The highest BCUT2D eigenvalue weighted by molar-refractivity contribution is 5.94. The minimum atomic E-state index is -0.266. The number of aromatic nitrogens is 1. The molecule has 2 atom stereocenters. The predicted molar refractivity (Wildman–Crippen MR) is 106 cm³/mol. The highest BCUT2D eigenvalue weighted by Gasteiger charge is 2.32. The van der Waals surface area contributed by atoms with Crippen LogP contribution in [0.2, 0.25) is 0 Å². The van der Waals surface area contributed by atoms with Crippen molar-refractivity contribution >= 4 is 11.8 Å². The number of hydrogen-bond donors (Lipinski definition) is 0. The maximum atomic E-state index is 5.94. The molecule has 0 saturated heterocycles. The van der Waals surface area contributed by atoms with Crippen molar-refractivity contribution in [2.75, 3.05) is 13.2 Å². The van der Waals surface area contributed by atoms with Crippen LogP contribution in [0.25, 0.3) is 11.5 Å². The molecule has 2 heterocycles. The summed E-state index contributed by atoms with van der Waals surface area (Å²) in [7, 11) is 0. The Morgan fingerprint density at radius 3 is 2.37 bits per heavy atom. The van der Waals surface area contributed by atoms with E-state index < -0.39 is 0 Å². The summed E-state index contributed by atoms with van der Waals surface area (Å²) in [5.74, 6) is 2.93. The SMILES string of the molecule is CCOC1=N[C@H](C(C)C)C(OCC)=N[C@H]1Cc1cnc(-c2ccccc2)o1. The van der Waals surface area contributed by atoms with E-state index in [1.165, 1.54) is 0 Å². The summed E-state index contributed by atoms with van der Waals surface area (Å²) in [4.78, 5) is 14.0. The smallest absolute Gasteiger partial charge is 0.226 e. The predicted octanol–water partition coefficient (Wildman–Crippen LogP) is 4.16. The largest absolute Gasteiger partial charge is 0.480 e. The molecule has 1 aromatic heterocycles. The van der Waals surface area contributed by atoms with Crippen molar-refractivity contribution in [1.29, 1.82) is 0 Å². The molecule has 1 aliphatic heterocycles. The topological polar surface area (TPSA) is 69.2 Å². The fourth-order valence-corrected chi connectivity index (χ4v) is 2.99. The molecule has 0 spiro atoms. The van der Waals surface area contributed by atoms with E-state index in [4.69, 9.17) is 23.9 Å². The van der Waals surface area contributed by atoms with Crippen LogP contribution in [0.1, 0.15) is 33.5 Å². The Morgan fingerprint density at radius 1 is 1.00 bits per heavy atom. The minimum absolute atomic E-state index is 0.114. The molecule has 27 heavy (non-hydrogen) atoms. The zero-order chi connectivity index (χ0) is 19.2. The van der Waals surface area contributed by atoms with Crippen molar-refractivity contribution in [2.24, 2.45) is 15.9 Å².